The van der Waals surface area contributed by atoms with Crippen molar-refractivity contribution in [1.82, 2.24) is 4.90 Å². The van der Waals surface area contributed by atoms with Crippen LogP contribution in [-0.4, -0.2) is 43.8 Å². The maximum absolute atomic E-state index is 6.04. The van der Waals surface area contributed by atoms with Gasteiger partial charge in [0.15, 0.2) is 0 Å². The lowest BCUT2D eigenvalue weighted by Gasteiger charge is -2.42. The van der Waals surface area contributed by atoms with Gasteiger partial charge in [-0.15, -0.1) is 0 Å². The maximum atomic E-state index is 6.04. The van der Waals surface area contributed by atoms with Crippen molar-refractivity contribution in [2.45, 2.75) is 51.6 Å². The van der Waals surface area contributed by atoms with E-state index in [1.165, 1.54) is 19.3 Å². The fraction of sp³-hybridized carbons (Fsp3) is 1.00. The number of likely N-dealkylation sites (N-methyl/N-ethyl adjacent to an activating group) is 1. The summed E-state index contributed by atoms with van der Waals surface area (Å²) in [5.41, 5.74) is 6.66. The molecule has 0 aromatic heterocycles. The van der Waals surface area contributed by atoms with Crippen LogP contribution in [0.3, 0.4) is 0 Å². The van der Waals surface area contributed by atoms with Crippen LogP contribution < -0.4 is 5.73 Å². The van der Waals surface area contributed by atoms with Crippen LogP contribution in [0, 0.1) is 5.41 Å². The highest BCUT2D eigenvalue weighted by Crippen LogP contribution is 2.46. The van der Waals surface area contributed by atoms with E-state index in [1.54, 1.807) is 7.11 Å². The minimum absolute atomic E-state index is 0.182. The summed E-state index contributed by atoms with van der Waals surface area (Å²) in [6, 6.07) is 0.433. The third kappa shape index (κ3) is 2.76. The smallest absolute Gasteiger partial charge is 0.0615 e. The highest BCUT2D eigenvalue weighted by atomic mass is 16.5. The molecular weight excluding hydrogens is 200 g/mol. The summed E-state index contributed by atoms with van der Waals surface area (Å²) in [4.78, 5) is 2.44. The van der Waals surface area contributed by atoms with E-state index in [-0.39, 0.29) is 5.54 Å². The van der Waals surface area contributed by atoms with Crippen LogP contribution >= 0.6 is 0 Å². The first-order chi connectivity index (χ1) is 7.37. The van der Waals surface area contributed by atoms with Gasteiger partial charge in [-0.1, -0.05) is 13.8 Å². The largest absolute Gasteiger partial charge is 0.383 e. The Morgan fingerprint density at radius 1 is 1.38 bits per heavy atom. The summed E-state index contributed by atoms with van der Waals surface area (Å²) in [6.07, 6.45) is 3.68. The van der Waals surface area contributed by atoms with Gasteiger partial charge < -0.3 is 10.5 Å². The van der Waals surface area contributed by atoms with Crippen molar-refractivity contribution in [2.24, 2.45) is 11.1 Å². The molecule has 1 aliphatic rings. The van der Waals surface area contributed by atoms with Crippen molar-refractivity contribution < 1.29 is 4.74 Å². The fourth-order valence-corrected chi connectivity index (χ4v) is 3.08. The molecule has 0 heterocycles. The molecule has 1 fully saturated rings. The van der Waals surface area contributed by atoms with Gasteiger partial charge in [-0.2, -0.15) is 0 Å². The number of rotatable bonds is 5. The van der Waals surface area contributed by atoms with Crippen LogP contribution in [0.25, 0.3) is 0 Å². The first-order valence-corrected chi connectivity index (χ1v) is 6.29. The van der Waals surface area contributed by atoms with Crippen molar-refractivity contribution in [1.29, 1.82) is 0 Å². The molecule has 2 atom stereocenters. The summed E-state index contributed by atoms with van der Waals surface area (Å²) in [6.45, 7) is 8.43. The Morgan fingerprint density at radius 2 is 2.00 bits per heavy atom. The first kappa shape index (κ1) is 13.9. The van der Waals surface area contributed by atoms with E-state index < -0.39 is 0 Å². The van der Waals surface area contributed by atoms with Crippen LogP contribution in [0.1, 0.15) is 40.0 Å². The van der Waals surface area contributed by atoms with Gasteiger partial charge in [0, 0.05) is 25.2 Å². The van der Waals surface area contributed by atoms with Gasteiger partial charge in [0.05, 0.1) is 6.61 Å². The van der Waals surface area contributed by atoms with Crippen LogP contribution in [0.15, 0.2) is 0 Å². The number of nitrogens with zero attached hydrogens (tertiary/aromatic N) is 1. The molecule has 16 heavy (non-hydrogen) atoms. The molecule has 0 aromatic rings. The summed E-state index contributed by atoms with van der Waals surface area (Å²) < 4.78 is 5.24. The molecule has 3 heteroatoms. The molecule has 0 aliphatic heterocycles. The number of ether oxygens (including phenoxy) is 1. The van der Waals surface area contributed by atoms with E-state index in [1.807, 2.05) is 0 Å². The van der Waals surface area contributed by atoms with E-state index in [2.05, 4.69) is 32.7 Å². The molecular formula is C13H28N2O. The Kier molecular flexibility index (Phi) is 4.38. The zero-order chi connectivity index (χ0) is 12.4. The summed E-state index contributed by atoms with van der Waals surface area (Å²) in [7, 11) is 3.95. The topological polar surface area (TPSA) is 38.5 Å². The highest BCUT2D eigenvalue weighted by Gasteiger charge is 2.45. The van der Waals surface area contributed by atoms with E-state index in [4.69, 9.17) is 10.5 Å². The second-order valence-electron chi connectivity index (χ2n) is 6.18. The van der Waals surface area contributed by atoms with Gasteiger partial charge in [-0.05, 0) is 38.6 Å². The minimum atomic E-state index is 0.182. The number of hydrogen-bond donors (Lipinski definition) is 1. The molecule has 0 aromatic carbocycles. The SMILES string of the molecule is COCC(C)N(C)C1(CN)CCC(C)(C)C1. The molecule has 0 amide bonds. The first-order valence-electron chi connectivity index (χ1n) is 6.29. The van der Waals surface area contributed by atoms with Gasteiger partial charge in [0.2, 0.25) is 0 Å². The summed E-state index contributed by atoms with van der Waals surface area (Å²) in [5, 5.41) is 0. The zero-order valence-corrected chi connectivity index (χ0v) is 11.5. The Morgan fingerprint density at radius 3 is 2.38 bits per heavy atom. The van der Waals surface area contributed by atoms with Gasteiger partial charge in [0.25, 0.3) is 0 Å². The predicted octanol–water partition coefficient (Wildman–Crippen LogP) is 1.86. The molecule has 96 valence electrons. The predicted molar refractivity (Wildman–Crippen MR) is 68.5 cm³/mol. The molecule has 1 aliphatic carbocycles. The Labute approximate surface area is 100 Å². The number of hydrogen-bond acceptors (Lipinski definition) is 3. The number of methoxy groups -OCH3 is 1. The van der Waals surface area contributed by atoms with Crippen molar-refractivity contribution >= 4 is 0 Å². The molecule has 0 spiro atoms. The molecule has 1 rings (SSSR count). The third-order valence-corrected chi connectivity index (χ3v) is 4.27. The monoisotopic (exact) mass is 228 g/mol. The lowest BCUT2D eigenvalue weighted by molar-refractivity contribution is 0.0357. The van der Waals surface area contributed by atoms with Gasteiger partial charge in [-0.3, -0.25) is 4.90 Å². The molecule has 1 saturated carbocycles. The van der Waals surface area contributed by atoms with Crippen molar-refractivity contribution in [2.75, 3.05) is 27.3 Å². The van der Waals surface area contributed by atoms with Crippen molar-refractivity contribution in [3.05, 3.63) is 0 Å². The normalized spacial score (nSPS) is 30.9. The minimum Gasteiger partial charge on any atom is -0.383 e. The molecule has 2 N–H and O–H groups in total. The summed E-state index contributed by atoms with van der Waals surface area (Å²) >= 11 is 0. The average Bonchev–Trinajstić information content (AvgIpc) is 2.55. The van der Waals surface area contributed by atoms with Crippen LogP contribution in [-0.2, 0) is 4.74 Å². The quantitative estimate of drug-likeness (QED) is 0.780. The fourth-order valence-electron chi connectivity index (χ4n) is 3.08. The van der Waals surface area contributed by atoms with Crippen molar-refractivity contribution in [3.63, 3.8) is 0 Å². The second-order valence-corrected chi connectivity index (χ2v) is 6.18. The third-order valence-electron chi connectivity index (χ3n) is 4.27. The van der Waals surface area contributed by atoms with Gasteiger partial charge in [-0.25, -0.2) is 0 Å². The second kappa shape index (κ2) is 5.03. The van der Waals surface area contributed by atoms with Gasteiger partial charge in [0.1, 0.15) is 0 Å². The zero-order valence-electron chi connectivity index (χ0n) is 11.5. The Bertz CT molecular complexity index is 230. The molecule has 3 nitrogen and oxygen atoms in total. The standard InChI is InChI=1S/C13H28N2O/c1-11(8-16-5)15(4)13(10-14)7-6-12(2,3)9-13/h11H,6-10,14H2,1-5H3. The molecule has 0 bridgehead atoms. The Balaban J connectivity index is 2.74. The van der Waals surface area contributed by atoms with Crippen molar-refractivity contribution in [3.8, 4) is 0 Å². The molecule has 0 saturated heterocycles. The maximum Gasteiger partial charge on any atom is 0.0615 e. The highest BCUT2D eigenvalue weighted by molar-refractivity contribution is 5.02. The lowest BCUT2D eigenvalue weighted by atomic mass is 9.86. The lowest BCUT2D eigenvalue weighted by Crippen LogP contribution is -2.55. The van der Waals surface area contributed by atoms with Crippen LogP contribution in [0.2, 0.25) is 0 Å². The van der Waals surface area contributed by atoms with E-state index in [0.717, 1.165) is 13.2 Å². The Hall–Kier alpha value is -0.120. The van der Waals surface area contributed by atoms with E-state index in [9.17, 15) is 0 Å². The van der Waals surface area contributed by atoms with Crippen LogP contribution in [0.5, 0.6) is 0 Å². The number of nitrogens with two attached hydrogens (primary N) is 1. The van der Waals surface area contributed by atoms with E-state index in [0.29, 0.717) is 11.5 Å². The molecule has 2 unspecified atom stereocenters. The molecule has 0 radical (unpaired) electrons. The summed E-state index contributed by atoms with van der Waals surface area (Å²) in [5.74, 6) is 0. The van der Waals surface area contributed by atoms with Gasteiger partial charge >= 0.3 is 0 Å². The van der Waals surface area contributed by atoms with Crippen LogP contribution in [0.4, 0.5) is 0 Å². The van der Waals surface area contributed by atoms with E-state index >= 15 is 0 Å². The average molecular weight is 228 g/mol.